The second-order valence-electron chi connectivity index (χ2n) is 4.81. The minimum atomic E-state index is 0.483. The Hall–Kier alpha value is -2.11. The molecule has 0 radical (unpaired) electrons. The van der Waals surface area contributed by atoms with Crippen molar-refractivity contribution in [3.63, 3.8) is 0 Å². The van der Waals surface area contributed by atoms with E-state index in [1.807, 2.05) is 22.9 Å². The Morgan fingerprint density at radius 2 is 1.87 bits per heavy atom. The minimum absolute atomic E-state index is 0.483. The molecule has 0 aliphatic rings. The first-order valence-corrected chi connectivity index (χ1v) is 7.84. The lowest BCUT2D eigenvalue weighted by Crippen LogP contribution is -2.06. The Morgan fingerprint density at radius 1 is 1.04 bits per heavy atom. The van der Waals surface area contributed by atoms with Crippen LogP contribution >= 0.6 is 23.2 Å². The third-order valence-corrected chi connectivity index (χ3v) is 3.81. The third kappa shape index (κ3) is 3.81. The van der Waals surface area contributed by atoms with Gasteiger partial charge in [0, 0.05) is 37.5 Å². The van der Waals surface area contributed by atoms with E-state index in [-0.39, 0.29) is 0 Å². The molecule has 23 heavy (non-hydrogen) atoms. The minimum Gasteiger partial charge on any atom is -0.492 e. The molecular formula is C16H14Cl2N4O. The lowest BCUT2D eigenvalue weighted by molar-refractivity contribution is 0.301. The number of hydrogen-bond donors (Lipinski definition) is 0. The van der Waals surface area contributed by atoms with Crippen LogP contribution in [0, 0.1) is 0 Å². The summed E-state index contributed by atoms with van der Waals surface area (Å²) in [5, 5.41) is 0.966. The Morgan fingerprint density at radius 3 is 2.61 bits per heavy atom. The first kappa shape index (κ1) is 15.8. The Labute approximate surface area is 143 Å². The molecule has 3 aromatic rings. The molecule has 0 aromatic carbocycles. The van der Waals surface area contributed by atoms with Crippen LogP contribution in [0.4, 0.5) is 0 Å². The van der Waals surface area contributed by atoms with Gasteiger partial charge < -0.3 is 9.30 Å². The van der Waals surface area contributed by atoms with Gasteiger partial charge in [0.05, 0.1) is 28.4 Å². The molecule has 0 aliphatic heterocycles. The van der Waals surface area contributed by atoms with Crippen molar-refractivity contribution in [1.82, 2.24) is 19.5 Å². The number of aryl methyl sites for hydroxylation is 1. The van der Waals surface area contributed by atoms with Crippen molar-refractivity contribution in [2.24, 2.45) is 0 Å². The molecule has 0 spiro atoms. The average Bonchev–Trinajstić information content (AvgIpc) is 3.01. The topological polar surface area (TPSA) is 52.8 Å². The maximum atomic E-state index is 6.20. The van der Waals surface area contributed by atoms with Crippen molar-refractivity contribution in [2.75, 3.05) is 6.61 Å². The van der Waals surface area contributed by atoms with Crippen LogP contribution in [0.15, 0.2) is 49.3 Å². The molecule has 0 amide bonds. The molecule has 3 heterocycles. The highest BCUT2D eigenvalue weighted by Crippen LogP contribution is 2.32. The molecule has 118 valence electrons. The van der Waals surface area contributed by atoms with Gasteiger partial charge in [-0.1, -0.05) is 23.2 Å². The first-order chi connectivity index (χ1) is 11.3. The van der Waals surface area contributed by atoms with Gasteiger partial charge in [0.25, 0.3) is 0 Å². The van der Waals surface area contributed by atoms with E-state index in [0.717, 1.165) is 24.5 Å². The smallest absolute Gasteiger partial charge is 0.143 e. The lowest BCUT2D eigenvalue weighted by Gasteiger charge is -2.11. The van der Waals surface area contributed by atoms with Crippen molar-refractivity contribution in [2.45, 2.75) is 13.0 Å². The van der Waals surface area contributed by atoms with Crippen LogP contribution in [0.1, 0.15) is 6.42 Å². The second-order valence-corrected chi connectivity index (χ2v) is 5.63. The van der Waals surface area contributed by atoms with Crippen LogP contribution in [-0.2, 0) is 6.54 Å². The van der Waals surface area contributed by atoms with Gasteiger partial charge in [-0.2, -0.15) is 0 Å². The third-order valence-electron chi connectivity index (χ3n) is 3.24. The molecule has 0 aliphatic carbocycles. The van der Waals surface area contributed by atoms with Crippen LogP contribution in [0.25, 0.3) is 11.4 Å². The van der Waals surface area contributed by atoms with E-state index >= 15 is 0 Å². The molecule has 0 unspecified atom stereocenters. The van der Waals surface area contributed by atoms with E-state index < -0.39 is 0 Å². The van der Waals surface area contributed by atoms with Crippen LogP contribution in [0.3, 0.4) is 0 Å². The van der Waals surface area contributed by atoms with Gasteiger partial charge in [-0.05, 0) is 18.6 Å². The summed E-state index contributed by atoms with van der Waals surface area (Å²) in [5.41, 5.74) is 0.696. The van der Waals surface area contributed by atoms with Crippen LogP contribution in [-0.4, -0.2) is 26.1 Å². The zero-order valence-electron chi connectivity index (χ0n) is 12.2. The number of aromatic nitrogens is 4. The largest absolute Gasteiger partial charge is 0.492 e. The predicted molar refractivity (Wildman–Crippen MR) is 89.8 cm³/mol. The van der Waals surface area contributed by atoms with Crippen molar-refractivity contribution >= 4 is 23.2 Å². The SMILES string of the molecule is Clc1cncc(Cl)c1-c1nccn1CCCOc1cccnc1. The fraction of sp³-hybridized carbons (Fsp3) is 0.188. The number of rotatable bonds is 6. The molecule has 3 rings (SSSR count). The molecule has 3 aromatic heterocycles. The number of pyridine rings is 2. The normalized spacial score (nSPS) is 10.7. The molecule has 0 atom stereocenters. The molecule has 0 N–H and O–H groups in total. The predicted octanol–water partition coefficient (Wildman–Crippen LogP) is 4.12. The van der Waals surface area contributed by atoms with Crippen molar-refractivity contribution < 1.29 is 4.74 Å². The molecule has 5 nitrogen and oxygen atoms in total. The molecule has 0 saturated carbocycles. The summed E-state index contributed by atoms with van der Waals surface area (Å²) < 4.78 is 7.64. The van der Waals surface area contributed by atoms with Crippen molar-refractivity contribution in [3.8, 4) is 17.1 Å². The number of imidazole rings is 1. The standard InChI is InChI=1S/C16H14Cl2N4O/c17-13-10-20-11-14(18)15(13)16-21-5-7-22(16)6-2-8-23-12-3-1-4-19-9-12/h1,3-5,7,9-11H,2,6,8H2. The summed E-state index contributed by atoms with van der Waals surface area (Å²) in [6, 6.07) is 3.73. The van der Waals surface area contributed by atoms with E-state index in [2.05, 4.69) is 15.0 Å². The van der Waals surface area contributed by atoms with E-state index in [1.165, 1.54) is 0 Å². The number of nitrogens with zero attached hydrogens (tertiary/aromatic N) is 4. The van der Waals surface area contributed by atoms with Gasteiger partial charge >= 0.3 is 0 Å². The van der Waals surface area contributed by atoms with Gasteiger partial charge in [0.15, 0.2) is 0 Å². The quantitative estimate of drug-likeness (QED) is 0.629. The molecule has 0 bridgehead atoms. The molecular weight excluding hydrogens is 335 g/mol. The maximum Gasteiger partial charge on any atom is 0.143 e. The van der Waals surface area contributed by atoms with Crippen LogP contribution in [0.5, 0.6) is 5.75 Å². The van der Waals surface area contributed by atoms with Gasteiger partial charge in [-0.25, -0.2) is 4.98 Å². The van der Waals surface area contributed by atoms with E-state index in [9.17, 15) is 0 Å². The summed E-state index contributed by atoms with van der Waals surface area (Å²) in [6.45, 7) is 1.33. The van der Waals surface area contributed by atoms with Crippen LogP contribution < -0.4 is 4.74 Å². The highest BCUT2D eigenvalue weighted by molar-refractivity contribution is 6.38. The molecule has 0 saturated heterocycles. The summed E-state index contributed by atoms with van der Waals surface area (Å²) in [6.07, 6.45) is 11.0. The van der Waals surface area contributed by atoms with E-state index in [4.69, 9.17) is 27.9 Å². The van der Waals surface area contributed by atoms with Gasteiger partial charge in [0.1, 0.15) is 11.6 Å². The fourth-order valence-electron chi connectivity index (χ4n) is 2.20. The van der Waals surface area contributed by atoms with Gasteiger partial charge in [0.2, 0.25) is 0 Å². The first-order valence-electron chi connectivity index (χ1n) is 7.09. The van der Waals surface area contributed by atoms with Gasteiger partial charge in [-0.3, -0.25) is 9.97 Å². The summed E-state index contributed by atoms with van der Waals surface area (Å²) >= 11 is 12.4. The molecule has 0 fully saturated rings. The summed E-state index contributed by atoms with van der Waals surface area (Å²) in [5.74, 6) is 1.49. The van der Waals surface area contributed by atoms with Gasteiger partial charge in [-0.15, -0.1) is 0 Å². The molecule has 7 heteroatoms. The summed E-state index contributed by atoms with van der Waals surface area (Å²) in [4.78, 5) is 12.3. The maximum absolute atomic E-state index is 6.20. The monoisotopic (exact) mass is 348 g/mol. The zero-order valence-corrected chi connectivity index (χ0v) is 13.7. The highest BCUT2D eigenvalue weighted by atomic mass is 35.5. The van der Waals surface area contributed by atoms with E-state index in [0.29, 0.717) is 22.2 Å². The fourth-order valence-corrected chi connectivity index (χ4v) is 2.73. The second kappa shape index (κ2) is 7.44. The van der Waals surface area contributed by atoms with Crippen LogP contribution in [0.2, 0.25) is 10.0 Å². The Kier molecular flexibility index (Phi) is 5.10. The number of hydrogen-bond acceptors (Lipinski definition) is 4. The van der Waals surface area contributed by atoms with E-state index in [1.54, 1.807) is 31.0 Å². The zero-order chi connectivity index (χ0) is 16.1. The van der Waals surface area contributed by atoms with Crippen molar-refractivity contribution in [3.05, 3.63) is 59.4 Å². The highest BCUT2D eigenvalue weighted by Gasteiger charge is 2.14. The average molecular weight is 349 g/mol. The summed E-state index contributed by atoms with van der Waals surface area (Å²) in [7, 11) is 0. The Balaban J connectivity index is 1.65. The number of halogens is 2. The Bertz CT molecular complexity index is 757. The lowest BCUT2D eigenvalue weighted by atomic mass is 10.2. The van der Waals surface area contributed by atoms with Crippen molar-refractivity contribution in [1.29, 1.82) is 0 Å². The number of ether oxygens (including phenoxy) is 1.